The first kappa shape index (κ1) is 11.2. The molecule has 1 rings (SSSR count). The Bertz CT molecular complexity index is 225. The van der Waals surface area contributed by atoms with Gasteiger partial charge in [-0.3, -0.25) is 0 Å². The first-order valence-corrected chi connectivity index (χ1v) is 4.48. The van der Waals surface area contributed by atoms with Crippen LogP contribution in [0, 0.1) is 0 Å². The van der Waals surface area contributed by atoms with Crippen molar-refractivity contribution >= 4 is 5.97 Å². The van der Waals surface area contributed by atoms with Crippen molar-refractivity contribution in [1.82, 2.24) is 0 Å². The molecule has 80 valence electrons. The summed E-state index contributed by atoms with van der Waals surface area (Å²) in [4.78, 5) is 10.9. The van der Waals surface area contributed by atoms with Crippen LogP contribution >= 0.6 is 0 Å². The topological polar surface area (TPSA) is 76.0 Å². The molecule has 1 aliphatic heterocycles. The molecule has 0 radical (unpaired) electrons. The highest BCUT2D eigenvalue weighted by molar-refractivity contribution is 5.81. The largest absolute Gasteiger partial charge is 0.463 e. The molecule has 1 aliphatic rings. The predicted octanol–water partition coefficient (Wildman–Crippen LogP) is -0.774. The monoisotopic (exact) mass is 202 g/mol. The summed E-state index contributed by atoms with van der Waals surface area (Å²) in [5.74, 6) is -0.482. The number of esters is 1. The maximum absolute atomic E-state index is 10.9. The molecule has 0 amide bonds. The van der Waals surface area contributed by atoms with Crippen LogP contribution < -0.4 is 0 Å². The van der Waals surface area contributed by atoms with Crippen molar-refractivity contribution in [3.63, 3.8) is 0 Å². The van der Waals surface area contributed by atoms with Crippen molar-refractivity contribution in [3.8, 4) is 0 Å². The number of carbonyl (C=O) groups excluding carboxylic acids is 1. The number of rotatable bonds is 3. The molecular weight excluding hydrogens is 188 g/mol. The molecule has 2 N–H and O–H groups in total. The molecule has 5 nitrogen and oxygen atoms in total. The third-order valence-electron chi connectivity index (χ3n) is 1.90. The average molecular weight is 202 g/mol. The zero-order chi connectivity index (χ0) is 10.6. The summed E-state index contributed by atoms with van der Waals surface area (Å²) in [7, 11) is 0. The zero-order valence-electron chi connectivity index (χ0n) is 7.92. The van der Waals surface area contributed by atoms with E-state index in [2.05, 4.69) is 4.74 Å². The summed E-state index contributed by atoms with van der Waals surface area (Å²) in [6.07, 6.45) is 0.0934. The van der Waals surface area contributed by atoms with E-state index in [4.69, 9.17) is 9.84 Å². The minimum absolute atomic E-state index is 0.0823. The highest BCUT2D eigenvalue weighted by Crippen LogP contribution is 2.15. The highest BCUT2D eigenvalue weighted by atomic mass is 16.5. The fourth-order valence-electron chi connectivity index (χ4n) is 1.16. The van der Waals surface area contributed by atoms with Crippen LogP contribution in [0.1, 0.15) is 6.92 Å². The number of aliphatic hydroxyl groups excluding tert-OH is 2. The Balaban J connectivity index is 2.40. The van der Waals surface area contributed by atoms with E-state index in [9.17, 15) is 9.90 Å². The number of carbonyl (C=O) groups is 1. The Morgan fingerprint density at radius 2 is 2.36 bits per heavy atom. The summed E-state index contributed by atoms with van der Waals surface area (Å²) >= 11 is 0. The molecule has 3 atom stereocenters. The van der Waals surface area contributed by atoms with Gasteiger partial charge in [-0.1, -0.05) is 0 Å². The molecular formula is C9H14O5. The second kappa shape index (κ2) is 5.09. The lowest BCUT2D eigenvalue weighted by atomic mass is 10.1. The van der Waals surface area contributed by atoms with Gasteiger partial charge in [0, 0.05) is 6.08 Å². The first-order chi connectivity index (χ1) is 6.65. The van der Waals surface area contributed by atoms with Gasteiger partial charge in [0.15, 0.2) is 0 Å². The van der Waals surface area contributed by atoms with E-state index in [1.807, 2.05) is 0 Å². The van der Waals surface area contributed by atoms with Gasteiger partial charge in [0.05, 0.1) is 13.2 Å². The van der Waals surface area contributed by atoms with Gasteiger partial charge < -0.3 is 19.7 Å². The van der Waals surface area contributed by atoms with Gasteiger partial charge in [0.2, 0.25) is 0 Å². The quantitative estimate of drug-likeness (QED) is 0.464. The lowest BCUT2D eigenvalue weighted by molar-refractivity contribution is -0.137. The van der Waals surface area contributed by atoms with Gasteiger partial charge in [-0.05, 0) is 13.0 Å². The van der Waals surface area contributed by atoms with Gasteiger partial charge in [-0.2, -0.15) is 0 Å². The molecule has 0 spiro atoms. The molecule has 0 aromatic heterocycles. The van der Waals surface area contributed by atoms with E-state index in [0.717, 1.165) is 0 Å². The number of hydrogen-bond donors (Lipinski definition) is 2. The van der Waals surface area contributed by atoms with Crippen LogP contribution in [0.15, 0.2) is 12.2 Å². The third-order valence-corrected chi connectivity index (χ3v) is 1.90. The SMILES string of the molecule is CCOC(=O)/C=C/[C@H]1OC[C@H](O)[C@@H]1O. The molecule has 1 fully saturated rings. The van der Waals surface area contributed by atoms with Gasteiger partial charge in [-0.15, -0.1) is 0 Å². The van der Waals surface area contributed by atoms with Gasteiger partial charge in [0.25, 0.3) is 0 Å². The van der Waals surface area contributed by atoms with Crippen LogP contribution in [0.5, 0.6) is 0 Å². The Hall–Kier alpha value is -0.910. The predicted molar refractivity (Wildman–Crippen MR) is 47.5 cm³/mol. The molecule has 1 heterocycles. The van der Waals surface area contributed by atoms with E-state index in [-0.39, 0.29) is 6.61 Å². The molecule has 0 bridgehead atoms. The highest BCUT2D eigenvalue weighted by Gasteiger charge is 2.32. The smallest absolute Gasteiger partial charge is 0.330 e. The second-order valence-corrected chi connectivity index (χ2v) is 2.97. The first-order valence-electron chi connectivity index (χ1n) is 4.48. The van der Waals surface area contributed by atoms with Gasteiger partial charge >= 0.3 is 5.97 Å². The number of hydrogen-bond acceptors (Lipinski definition) is 5. The van der Waals surface area contributed by atoms with Crippen molar-refractivity contribution < 1.29 is 24.5 Å². The van der Waals surface area contributed by atoms with Crippen LogP contribution in [0.4, 0.5) is 0 Å². The minimum Gasteiger partial charge on any atom is -0.463 e. The zero-order valence-corrected chi connectivity index (χ0v) is 7.92. The van der Waals surface area contributed by atoms with Crippen molar-refractivity contribution in [3.05, 3.63) is 12.2 Å². The number of ether oxygens (including phenoxy) is 2. The van der Waals surface area contributed by atoms with Crippen molar-refractivity contribution in [2.24, 2.45) is 0 Å². The molecule has 14 heavy (non-hydrogen) atoms. The summed E-state index contributed by atoms with van der Waals surface area (Å²) in [6, 6.07) is 0. The fraction of sp³-hybridized carbons (Fsp3) is 0.667. The maximum atomic E-state index is 10.9. The fourth-order valence-corrected chi connectivity index (χ4v) is 1.16. The third kappa shape index (κ3) is 2.80. The molecule has 5 heteroatoms. The minimum atomic E-state index is -0.972. The van der Waals surface area contributed by atoms with Crippen LogP contribution in [-0.2, 0) is 14.3 Å². The van der Waals surface area contributed by atoms with E-state index in [1.54, 1.807) is 6.92 Å². The normalized spacial score (nSPS) is 32.4. The van der Waals surface area contributed by atoms with Crippen LogP contribution in [-0.4, -0.2) is 47.7 Å². The molecule has 0 aromatic carbocycles. The summed E-state index contributed by atoms with van der Waals surface area (Å²) in [6.45, 7) is 2.09. The Labute approximate surface area is 81.9 Å². The molecule has 0 aromatic rings. The summed E-state index contributed by atoms with van der Waals surface area (Å²) in [5, 5.41) is 18.4. The standard InChI is InChI=1S/C9H14O5/c1-2-13-8(11)4-3-7-9(12)6(10)5-14-7/h3-4,6-7,9-10,12H,2,5H2,1H3/b4-3+/t6-,7+,9-/m0/s1. The van der Waals surface area contributed by atoms with E-state index >= 15 is 0 Å². The second-order valence-electron chi connectivity index (χ2n) is 2.97. The molecule has 0 aliphatic carbocycles. The van der Waals surface area contributed by atoms with Gasteiger partial charge in [-0.25, -0.2) is 4.79 Å². The Morgan fingerprint density at radius 1 is 1.64 bits per heavy atom. The molecule has 0 saturated carbocycles. The molecule has 1 saturated heterocycles. The van der Waals surface area contributed by atoms with E-state index in [1.165, 1.54) is 12.2 Å². The average Bonchev–Trinajstić information content (AvgIpc) is 2.46. The van der Waals surface area contributed by atoms with Gasteiger partial charge in [0.1, 0.15) is 18.3 Å². The maximum Gasteiger partial charge on any atom is 0.330 e. The summed E-state index contributed by atoms with van der Waals surface area (Å²) < 4.78 is 9.65. The summed E-state index contributed by atoms with van der Waals surface area (Å²) in [5.41, 5.74) is 0. The Morgan fingerprint density at radius 3 is 2.86 bits per heavy atom. The lowest BCUT2D eigenvalue weighted by Crippen LogP contribution is -2.28. The van der Waals surface area contributed by atoms with Crippen molar-refractivity contribution in [2.75, 3.05) is 13.2 Å². The van der Waals surface area contributed by atoms with Crippen LogP contribution in [0.2, 0.25) is 0 Å². The van der Waals surface area contributed by atoms with Crippen molar-refractivity contribution in [1.29, 1.82) is 0 Å². The lowest BCUT2D eigenvalue weighted by Gasteiger charge is -2.09. The van der Waals surface area contributed by atoms with Crippen molar-refractivity contribution in [2.45, 2.75) is 25.2 Å². The number of aliphatic hydroxyl groups is 2. The molecule has 0 unspecified atom stereocenters. The van der Waals surface area contributed by atoms with Crippen LogP contribution in [0.3, 0.4) is 0 Å². The van der Waals surface area contributed by atoms with Crippen LogP contribution in [0.25, 0.3) is 0 Å². The van der Waals surface area contributed by atoms with E-state index < -0.39 is 24.3 Å². The Kier molecular flexibility index (Phi) is 4.06. The van der Waals surface area contributed by atoms with E-state index in [0.29, 0.717) is 6.61 Å².